The molecule has 1 aliphatic rings. The van der Waals surface area contributed by atoms with E-state index in [9.17, 15) is 44.6 Å². The second-order valence-electron chi connectivity index (χ2n) is 16.6. The Bertz CT molecular complexity index is 1090. The zero-order chi connectivity index (χ0) is 43.6. The highest BCUT2D eigenvalue weighted by atomic mass is 31.2. The van der Waals surface area contributed by atoms with Gasteiger partial charge in [0.05, 0.1) is 6.61 Å². The van der Waals surface area contributed by atoms with Crippen LogP contribution < -0.4 is 0 Å². The zero-order valence-electron chi connectivity index (χ0n) is 36.8. The Morgan fingerprint density at radius 1 is 0.508 bits per heavy atom. The molecule has 0 aliphatic heterocycles. The van der Waals surface area contributed by atoms with Crippen LogP contribution in [-0.4, -0.2) is 98.3 Å². The Labute approximate surface area is 356 Å². The van der Waals surface area contributed by atoms with Crippen molar-refractivity contribution in [3.8, 4) is 0 Å². The lowest BCUT2D eigenvalue weighted by atomic mass is 9.85. The summed E-state index contributed by atoms with van der Waals surface area (Å²) in [7, 11) is -5.11. The summed E-state index contributed by atoms with van der Waals surface area (Å²) in [5.74, 6) is -1.10. The Morgan fingerprint density at radius 2 is 0.864 bits per heavy atom. The van der Waals surface area contributed by atoms with Crippen molar-refractivity contribution in [2.24, 2.45) is 0 Å². The van der Waals surface area contributed by atoms with Crippen molar-refractivity contribution in [3.05, 3.63) is 12.2 Å². The highest BCUT2D eigenvalue weighted by Crippen LogP contribution is 2.47. The maximum absolute atomic E-state index is 12.8. The number of hydrogen-bond acceptors (Lipinski definition) is 12. The van der Waals surface area contributed by atoms with Crippen LogP contribution in [0.15, 0.2) is 12.2 Å². The predicted molar refractivity (Wildman–Crippen MR) is 231 cm³/mol. The van der Waals surface area contributed by atoms with E-state index in [-0.39, 0.29) is 12.8 Å². The average Bonchev–Trinajstić information content (AvgIpc) is 3.21. The molecule has 14 heteroatoms. The lowest BCUT2D eigenvalue weighted by molar-refractivity contribution is -0.220. The van der Waals surface area contributed by atoms with Crippen LogP contribution in [0, 0.1) is 0 Å². The number of rotatable bonds is 39. The van der Waals surface area contributed by atoms with Crippen LogP contribution in [0.1, 0.15) is 206 Å². The van der Waals surface area contributed by atoms with E-state index >= 15 is 0 Å². The Morgan fingerprint density at radius 3 is 1.31 bits per heavy atom. The summed E-state index contributed by atoms with van der Waals surface area (Å²) in [5, 5.41) is 50.1. The molecule has 6 N–H and O–H groups in total. The van der Waals surface area contributed by atoms with Gasteiger partial charge in [0.15, 0.2) is 6.10 Å². The van der Waals surface area contributed by atoms with Gasteiger partial charge in [-0.25, -0.2) is 4.57 Å². The Balaban J connectivity index is 2.43. The van der Waals surface area contributed by atoms with Gasteiger partial charge in [0.1, 0.15) is 43.2 Å². The molecule has 0 bridgehead atoms. The van der Waals surface area contributed by atoms with Crippen LogP contribution in [-0.2, 0) is 32.7 Å². The number of carbonyl (C=O) groups excluding carboxylic acids is 2. The minimum absolute atomic E-state index is 0.0905. The third kappa shape index (κ3) is 28.7. The number of phosphoric acid groups is 1. The molecule has 1 saturated carbocycles. The van der Waals surface area contributed by atoms with Crippen LogP contribution in [0.5, 0.6) is 0 Å². The third-order valence-electron chi connectivity index (χ3n) is 11.1. The van der Waals surface area contributed by atoms with Gasteiger partial charge in [-0.1, -0.05) is 167 Å². The van der Waals surface area contributed by atoms with Gasteiger partial charge < -0.3 is 39.9 Å². The van der Waals surface area contributed by atoms with Gasteiger partial charge in [-0.15, -0.1) is 0 Å². The SMILES string of the molecule is CCCCCC/C=C/CCCCCCCC(=O)O[C@@H](COC(=O)CCCCCCCCCCCCCCCCCCC)COP(=O)(O)OC1C(O)C(O)C(O)[C@H](O)C1O. The van der Waals surface area contributed by atoms with E-state index in [0.717, 1.165) is 57.8 Å². The number of aliphatic hydroxyl groups is 5. The second kappa shape index (κ2) is 36.1. The van der Waals surface area contributed by atoms with Crippen molar-refractivity contribution < 1.29 is 63.1 Å². The number of unbranched alkanes of at least 4 members (excludes halogenated alkanes) is 25. The van der Waals surface area contributed by atoms with E-state index in [1.807, 2.05) is 0 Å². The number of hydrogen-bond donors (Lipinski definition) is 6. The summed E-state index contributed by atoms with van der Waals surface area (Å²) >= 11 is 0. The maximum Gasteiger partial charge on any atom is 0.472 e. The highest BCUT2D eigenvalue weighted by molar-refractivity contribution is 7.47. The van der Waals surface area contributed by atoms with E-state index < -0.39 is 75.7 Å². The molecule has 0 heterocycles. The molecule has 0 aromatic rings. The second-order valence-corrected chi connectivity index (χ2v) is 18.0. The van der Waals surface area contributed by atoms with Gasteiger partial charge in [-0.2, -0.15) is 0 Å². The molecule has 0 radical (unpaired) electrons. The fourth-order valence-electron chi connectivity index (χ4n) is 7.28. The van der Waals surface area contributed by atoms with E-state index in [1.165, 1.54) is 109 Å². The van der Waals surface area contributed by atoms with Crippen LogP contribution in [0.3, 0.4) is 0 Å². The predicted octanol–water partition coefficient (Wildman–Crippen LogP) is 9.06. The summed E-state index contributed by atoms with van der Waals surface area (Å²) in [4.78, 5) is 35.7. The van der Waals surface area contributed by atoms with E-state index in [4.69, 9.17) is 18.5 Å². The minimum atomic E-state index is -5.11. The number of ether oxygens (including phenoxy) is 2. The normalized spacial score (nSPS) is 22.4. The molecule has 1 rings (SSSR count). The molecule has 6 unspecified atom stereocenters. The van der Waals surface area contributed by atoms with Crippen molar-refractivity contribution in [2.45, 2.75) is 249 Å². The topological polar surface area (TPSA) is 210 Å². The molecule has 0 saturated heterocycles. The first-order chi connectivity index (χ1) is 28.4. The Kier molecular flexibility index (Phi) is 34.0. The largest absolute Gasteiger partial charge is 0.472 e. The van der Waals surface area contributed by atoms with Gasteiger partial charge in [0.25, 0.3) is 0 Å². The number of carbonyl (C=O) groups is 2. The minimum Gasteiger partial charge on any atom is -0.462 e. The van der Waals surface area contributed by atoms with Crippen molar-refractivity contribution in [3.63, 3.8) is 0 Å². The molecule has 0 spiro atoms. The fourth-order valence-corrected chi connectivity index (χ4v) is 8.26. The standard InChI is InChI=1S/C45H85O13P/c1-3-5-7-9-11-13-15-17-18-19-20-22-23-25-27-29-31-33-38(46)55-35-37(36-56-59(53,54)58-45-43(51)41(49)40(48)42(50)44(45)52)57-39(47)34-32-30-28-26-24-21-16-14-12-10-8-6-4-2/h14,16,37,40-45,48-52H,3-13,15,17-36H2,1-2H3,(H,53,54)/b16-14+/t37-,40?,41-,42?,43?,44?,45?/m0/s1. The summed E-state index contributed by atoms with van der Waals surface area (Å²) in [6.45, 7) is 3.29. The molecule has 0 amide bonds. The molecule has 59 heavy (non-hydrogen) atoms. The summed E-state index contributed by atoms with van der Waals surface area (Å²) in [5.41, 5.74) is 0. The average molecular weight is 865 g/mol. The lowest BCUT2D eigenvalue weighted by Gasteiger charge is -2.41. The van der Waals surface area contributed by atoms with Crippen molar-refractivity contribution in [1.82, 2.24) is 0 Å². The number of phosphoric ester groups is 1. The number of allylic oxidation sites excluding steroid dienone is 2. The van der Waals surface area contributed by atoms with Gasteiger partial charge in [0, 0.05) is 12.8 Å². The van der Waals surface area contributed by atoms with Crippen molar-refractivity contribution >= 4 is 19.8 Å². The van der Waals surface area contributed by atoms with Gasteiger partial charge in [-0.3, -0.25) is 18.6 Å². The van der Waals surface area contributed by atoms with Crippen LogP contribution in [0.25, 0.3) is 0 Å². The number of aliphatic hydroxyl groups excluding tert-OH is 5. The molecule has 0 aromatic carbocycles. The molecule has 1 fully saturated rings. The van der Waals surface area contributed by atoms with Gasteiger partial charge in [-0.05, 0) is 38.5 Å². The fraction of sp³-hybridized carbons (Fsp3) is 0.911. The third-order valence-corrected chi connectivity index (χ3v) is 12.1. The molecule has 8 atom stereocenters. The monoisotopic (exact) mass is 865 g/mol. The first kappa shape index (κ1) is 55.6. The first-order valence-corrected chi connectivity index (χ1v) is 25.0. The van der Waals surface area contributed by atoms with Crippen LogP contribution >= 0.6 is 7.82 Å². The lowest BCUT2D eigenvalue weighted by Crippen LogP contribution is -2.64. The smallest absolute Gasteiger partial charge is 0.462 e. The van der Waals surface area contributed by atoms with E-state index in [1.54, 1.807) is 0 Å². The molecule has 1 aliphatic carbocycles. The highest BCUT2D eigenvalue weighted by Gasteiger charge is 2.51. The summed E-state index contributed by atoms with van der Waals surface area (Å²) in [6.07, 6.45) is 24.1. The van der Waals surface area contributed by atoms with Crippen LogP contribution in [0.4, 0.5) is 0 Å². The maximum atomic E-state index is 12.8. The molecule has 0 aromatic heterocycles. The van der Waals surface area contributed by atoms with E-state index in [2.05, 4.69) is 26.0 Å². The Hall–Kier alpha value is -1.41. The first-order valence-electron chi connectivity index (χ1n) is 23.5. The van der Waals surface area contributed by atoms with Crippen molar-refractivity contribution in [2.75, 3.05) is 13.2 Å². The number of esters is 2. The summed E-state index contributed by atoms with van der Waals surface area (Å²) < 4.78 is 33.5. The quantitative estimate of drug-likeness (QED) is 0.0148. The molecular weight excluding hydrogens is 779 g/mol. The zero-order valence-corrected chi connectivity index (χ0v) is 37.7. The molecular formula is C45H85O13P. The van der Waals surface area contributed by atoms with Gasteiger partial charge >= 0.3 is 19.8 Å². The van der Waals surface area contributed by atoms with E-state index in [0.29, 0.717) is 12.8 Å². The van der Waals surface area contributed by atoms with Gasteiger partial charge in [0.2, 0.25) is 0 Å². The van der Waals surface area contributed by atoms with Crippen LogP contribution in [0.2, 0.25) is 0 Å². The van der Waals surface area contributed by atoms with Crippen molar-refractivity contribution in [1.29, 1.82) is 0 Å². The summed E-state index contributed by atoms with van der Waals surface area (Å²) in [6, 6.07) is 0. The molecule has 13 nitrogen and oxygen atoms in total. The molecule has 348 valence electrons.